The highest BCUT2D eigenvalue weighted by molar-refractivity contribution is 7.15. The van der Waals surface area contributed by atoms with Gasteiger partial charge in [-0.05, 0) is 32.0 Å². The van der Waals surface area contributed by atoms with Gasteiger partial charge in [-0.1, -0.05) is 0 Å². The second-order valence-corrected chi connectivity index (χ2v) is 9.34. The van der Waals surface area contributed by atoms with Crippen LogP contribution in [0.1, 0.15) is 17.1 Å². The standard InChI is InChI=1S/C22H21F2N7OS/c1-13-19(33-14(2)28-13)16-5-6-18(32)31(29-16)11-22(24)7-9-30(10-17(22)23)21-15-4-3-8-25-20(15)26-12-27-21/h3-6,8,12,17H,7,9-11H2,1-2H3. The van der Waals surface area contributed by atoms with Gasteiger partial charge in [0.05, 0.1) is 34.1 Å². The van der Waals surface area contributed by atoms with Crippen molar-refractivity contribution in [1.82, 2.24) is 29.7 Å². The second-order valence-electron chi connectivity index (χ2n) is 8.13. The molecule has 0 spiro atoms. The number of hydrogen-bond acceptors (Lipinski definition) is 8. The van der Waals surface area contributed by atoms with Crippen molar-refractivity contribution in [2.24, 2.45) is 0 Å². The average Bonchev–Trinajstić information content (AvgIpc) is 3.15. The van der Waals surface area contributed by atoms with E-state index in [-0.39, 0.29) is 19.5 Å². The molecule has 0 saturated carbocycles. The Balaban J connectivity index is 1.40. The molecule has 4 aromatic heterocycles. The number of rotatable bonds is 4. The summed E-state index contributed by atoms with van der Waals surface area (Å²) >= 11 is 1.45. The number of nitrogens with zero attached hydrogens (tertiary/aromatic N) is 7. The molecule has 8 nitrogen and oxygen atoms in total. The average molecular weight is 470 g/mol. The monoisotopic (exact) mass is 469 g/mol. The fourth-order valence-electron chi connectivity index (χ4n) is 4.13. The molecule has 1 aliphatic heterocycles. The third kappa shape index (κ3) is 3.97. The molecule has 11 heteroatoms. The molecule has 2 unspecified atom stereocenters. The van der Waals surface area contributed by atoms with Gasteiger partial charge in [0, 0.05) is 25.2 Å². The molecule has 5 rings (SSSR count). The largest absolute Gasteiger partial charge is 0.353 e. The molecule has 1 aliphatic rings. The fourth-order valence-corrected chi connectivity index (χ4v) is 5.02. The Morgan fingerprint density at radius 1 is 1.21 bits per heavy atom. The maximum absolute atomic E-state index is 15.8. The fraction of sp³-hybridized carbons (Fsp3) is 0.364. The van der Waals surface area contributed by atoms with Gasteiger partial charge in [-0.3, -0.25) is 4.79 Å². The van der Waals surface area contributed by atoms with E-state index in [2.05, 4.69) is 25.0 Å². The summed E-state index contributed by atoms with van der Waals surface area (Å²) in [5.41, 5.74) is -0.901. The van der Waals surface area contributed by atoms with E-state index in [0.29, 0.717) is 22.5 Å². The minimum absolute atomic E-state index is 0.114. The van der Waals surface area contributed by atoms with E-state index in [0.717, 1.165) is 20.3 Å². The first-order valence-electron chi connectivity index (χ1n) is 10.5. The third-order valence-electron chi connectivity index (χ3n) is 5.84. The number of fused-ring (bicyclic) bond motifs is 1. The first-order chi connectivity index (χ1) is 15.8. The minimum atomic E-state index is -2.23. The molecule has 1 fully saturated rings. The quantitative estimate of drug-likeness (QED) is 0.453. The predicted molar refractivity (Wildman–Crippen MR) is 122 cm³/mol. The zero-order chi connectivity index (χ0) is 23.2. The number of pyridine rings is 1. The van der Waals surface area contributed by atoms with Crippen LogP contribution in [0, 0.1) is 13.8 Å². The maximum atomic E-state index is 15.8. The van der Waals surface area contributed by atoms with Crippen LogP contribution in [0.5, 0.6) is 0 Å². The van der Waals surface area contributed by atoms with Crippen LogP contribution in [0.4, 0.5) is 14.6 Å². The van der Waals surface area contributed by atoms with Crippen LogP contribution in [-0.4, -0.2) is 54.6 Å². The van der Waals surface area contributed by atoms with Gasteiger partial charge < -0.3 is 4.90 Å². The summed E-state index contributed by atoms with van der Waals surface area (Å²) in [4.78, 5) is 31.9. The number of hydrogen-bond donors (Lipinski definition) is 0. The van der Waals surface area contributed by atoms with Crippen molar-refractivity contribution in [2.75, 3.05) is 18.0 Å². The minimum Gasteiger partial charge on any atom is -0.353 e. The number of aryl methyl sites for hydroxylation is 2. The van der Waals surface area contributed by atoms with E-state index in [1.807, 2.05) is 13.8 Å². The molecular formula is C22H21F2N7OS. The van der Waals surface area contributed by atoms with Gasteiger partial charge >= 0.3 is 0 Å². The lowest BCUT2D eigenvalue weighted by Crippen LogP contribution is -2.54. The first-order valence-corrected chi connectivity index (χ1v) is 11.3. The predicted octanol–water partition coefficient (Wildman–Crippen LogP) is 3.28. The molecule has 0 N–H and O–H groups in total. The zero-order valence-corrected chi connectivity index (χ0v) is 18.9. The van der Waals surface area contributed by atoms with E-state index in [1.54, 1.807) is 29.3 Å². The Morgan fingerprint density at radius 2 is 2.06 bits per heavy atom. The maximum Gasteiger partial charge on any atom is 0.266 e. The highest BCUT2D eigenvalue weighted by Crippen LogP contribution is 2.34. The molecule has 0 amide bonds. The second kappa shape index (κ2) is 8.22. The molecule has 1 saturated heterocycles. The van der Waals surface area contributed by atoms with Gasteiger partial charge in [0.1, 0.15) is 17.8 Å². The molecule has 5 heterocycles. The number of anilines is 1. The van der Waals surface area contributed by atoms with Crippen molar-refractivity contribution in [3.8, 4) is 10.6 Å². The van der Waals surface area contributed by atoms with Crippen LogP contribution < -0.4 is 10.5 Å². The van der Waals surface area contributed by atoms with Crippen LogP contribution >= 0.6 is 11.3 Å². The van der Waals surface area contributed by atoms with Gasteiger partial charge in [0.15, 0.2) is 17.5 Å². The van der Waals surface area contributed by atoms with Crippen molar-refractivity contribution in [1.29, 1.82) is 0 Å². The summed E-state index contributed by atoms with van der Waals surface area (Å²) in [6.07, 6.45) is 1.04. The summed E-state index contributed by atoms with van der Waals surface area (Å²) in [5, 5.41) is 5.88. The Labute approximate surface area is 192 Å². The van der Waals surface area contributed by atoms with Crippen molar-refractivity contribution in [3.63, 3.8) is 0 Å². The Kier molecular flexibility index (Phi) is 5.35. The highest BCUT2D eigenvalue weighted by atomic mass is 32.1. The van der Waals surface area contributed by atoms with E-state index in [1.165, 1.54) is 23.7 Å². The molecule has 170 valence electrons. The highest BCUT2D eigenvalue weighted by Gasteiger charge is 2.45. The Bertz CT molecular complexity index is 1390. The van der Waals surface area contributed by atoms with E-state index in [4.69, 9.17) is 0 Å². The molecule has 0 aliphatic carbocycles. The number of aromatic nitrogens is 6. The van der Waals surface area contributed by atoms with Crippen molar-refractivity contribution >= 4 is 28.2 Å². The van der Waals surface area contributed by atoms with Gasteiger partial charge in [0.2, 0.25) is 0 Å². The number of piperidine rings is 1. The van der Waals surface area contributed by atoms with Crippen molar-refractivity contribution < 1.29 is 8.78 Å². The normalized spacial score (nSPS) is 21.0. The molecular weight excluding hydrogens is 448 g/mol. The van der Waals surface area contributed by atoms with Crippen LogP contribution in [0.3, 0.4) is 0 Å². The Hall–Kier alpha value is -3.34. The van der Waals surface area contributed by atoms with E-state index in [9.17, 15) is 4.79 Å². The third-order valence-corrected chi connectivity index (χ3v) is 6.94. The van der Waals surface area contributed by atoms with Crippen molar-refractivity contribution in [2.45, 2.75) is 38.7 Å². The van der Waals surface area contributed by atoms with Crippen molar-refractivity contribution in [3.05, 3.63) is 57.8 Å². The lowest BCUT2D eigenvalue weighted by molar-refractivity contribution is 0.0115. The van der Waals surface area contributed by atoms with Gasteiger partial charge in [-0.25, -0.2) is 33.4 Å². The lowest BCUT2D eigenvalue weighted by Gasteiger charge is -2.39. The summed E-state index contributed by atoms with van der Waals surface area (Å²) in [7, 11) is 0. The SMILES string of the molecule is Cc1nc(C)c(-c2ccc(=O)n(CC3(F)CCN(c4ncnc5ncccc45)CC3F)n2)s1. The molecule has 0 bridgehead atoms. The molecule has 4 aromatic rings. The number of alkyl halides is 2. The number of halogens is 2. The lowest BCUT2D eigenvalue weighted by atomic mass is 9.91. The van der Waals surface area contributed by atoms with Crippen LogP contribution in [0.2, 0.25) is 0 Å². The topological polar surface area (TPSA) is 89.7 Å². The van der Waals surface area contributed by atoms with Crippen LogP contribution in [0.15, 0.2) is 41.6 Å². The molecule has 0 aromatic carbocycles. The summed E-state index contributed by atoms with van der Waals surface area (Å²) in [6, 6.07) is 6.49. The van der Waals surface area contributed by atoms with Gasteiger partial charge in [0.25, 0.3) is 5.56 Å². The van der Waals surface area contributed by atoms with E-state index < -0.39 is 23.9 Å². The molecule has 0 radical (unpaired) electrons. The Morgan fingerprint density at radius 3 is 2.82 bits per heavy atom. The summed E-state index contributed by atoms with van der Waals surface area (Å²) in [5.74, 6) is 0.520. The number of thiazole rings is 1. The summed E-state index contributed by atoms with van der Waals surface area (Å²) in [6.45, 7) is 3.31. The molecule has 33 heavy (non-hydrogen) atoms. The summed E-state index contributed by atoms with van der Waals surface area (Å²) < 4.78 is 32.1. The zero-order valence-electron chi connectivity index (χ0n) is 18.1. The van der Waals surface area contributed by atoms with Gasteiger partial charge in [-0.2, -0.15) is 5.10 Å². The van der Waals surface area contributed by atoms with Crippen LogP contribution in [0.25, 0.3) is 21.6 Å². The van der Waals surface area contributed by atoms with E-state index >= 15 is 8.78 Å². The smallest absolute Gasteiger partial charge is 0.266 e. The molecule has 2 atom stereocenters. The van der Waals surface area contributed by atoms with Gasteiger partial charge in [-0.15, -0.1) is 11.3 Å². The first kappa shape index (κ1) is 21.5. The van der Waals surface area contributed by atoms with Crippen LogP contribution in [-0.2, 0) is 6.54 Å².